The van der Waals surface area contributed by atoms with Gasteiger partial charge in [0.1, 0.15) is 11.4 Å². The highest BCUT2D eigenvalue weighted by atomic mass is 35.5. The topological polar surface area (TPSA) is 96.2 Å². The predicted molar refractivity (Wildman–Crippen MR) is 109 cm³/mol. The first-order valence-electron chi connectivity index (χ1n) is 9.08. The summed E-state index contributed by atoms with van der Waals surface area (Å²) in [6, 6.07) is 10.8. The van der Waals surface area contributed by atoms with Gasteiger partial charge in [-0.05, 0) is 54.9 Å². The van der Waals surface area contributed by atoms with E-state index in [1.807, 2.05) is 30.5 Å². The van der Waals surface area contributed by atoms with Crippen LogP contribution >= 0.6 is 11.6 Å². The molecule has 0 saturated carbocycles. The lowest BCUT2D eigenvalue weighted by atomic mass is 10.2. The molecule has 3 N–H and O–H groups in total. The SMILES string of the molecule is COc1ccc([N+](C#N)=C(N)NCCCCCCOc2ccc(Cl)cc2)cn1. The Morgan fingerprint density at radius 2 is 1.93 bits per heavy atom. The zero-order valence-corrected chi connectivity index (χ0v) is 16.7. The van der Waals surface area contributed by atoms with Crippen molar-refractivity contribution in [2.45, 2.75) is 25.7 Å². The third-order valence-corrected chi connectivity index (χ3v) is 4.24. The van der Waals surface area contributed by atoms with Gasteiger partial charge in [0.25, 0.3) is 0 Å². The van der Waals surface area contributed by atoms with E-state index in [1.165, 1.54) is 17.9 Å². The quantitative estimate of drug-likeness (QED) is 0.158. The zero-order valence-electron chi connectivity index (χ0n) is 15.9. The highest BCUT2D eigenvalue weighted by Gasteiger charge is 2.10. The molecule has 28 heavy (non-hydrogen) atoms. The minimum atomic E-state index is 0.278. The van der Waals surface area contributed by atoms with Gasteiger partial charge in [0.15, 0.2) is 0 Å². The fourth-order valence-corrected chi connectivity index (χ4v) is 2.60. The molecule has 1 aromatic carbocycles. The molecular weight excluding hydrogens is 378 g/mol. The van der Waals surface area contributed by atoms with E-state index in [1.54, 1.807) is 12.1 Å². The molecular formula is C20H25ClN5O2+. The van der Waals surface area contributed by atoms with E-state index >= 15 is 0 Å². The molecule has 7 nitrogen and oxygen atoms in total. The van der Waals surface area contributed by atoms with Crippen LogP contribution in [-0.4, -0.2) is 35.8 Å². The van der Waals surface area contributed by atoms with Gasteiger partial charge >= 0.3 is 12.2 Å². The van der Waals surface area contributed by atoms with Crippen LogP contribution < -0.4 is 20.5 Å². The summed E-state index contributed by atoms with van der Waals surface area (Å²) in [4.78, 5) is 4.08. The fourth-order valence-electron chi connectivity index (χ4n) is 2.47. The molecule has 0 saturated heterocycles. The van der Waals surface area contributed by atoms with E-state index in [4.69, 9.17) is 26.8 Å². The number of methoxy groups -OCH3 is 1. The van der Waals surface area contributed by atoms with E-state index < -0.39 is 0 Å². The highest BCUT2D eigenvalue weighted by Crippen LogP contribution is 2.16. The molecule has 0 aliphatic carbocycles. The molecule has 1 heterocycles. The number of hydrogen-bond donors (Lipinski definition) is 2. The number of hydrogen-bond acceptors (Lipinski definition) is 4. The Balaban J connectivity index is 1.65. The molecule has 2 rings (SSSR count). The largest absolute Gasteiger partial charge is 0.494 e. The second-order valence-electron chi connectivity index (χ2n) is 6.02. The van der Waals surface area contributed by atoms with Gasteiger partial charge in [-0.2, -0.15) is 0 Å². The third kappa shape index (κ3) is 6.97. The van der Waals surface area contributed by atoms with E-state index in [0.717, 1.165) is 31.4 Å². The van der Waals surface area contributed by atoms with Gasteiger partial charge in [-0.1, -0.05) is 18.0 Å². The normalized spacial score (nSPS) is 11.3. The first-order chi connectivity index (χ1) is 13.6. The van der Waals surface area contributed by atoms with Crippen LogP contribution in [0.1, 0.15) is 25.7 Å². The minimum absolute atomic E-state index is 0.278. The lowest BCUT2D eigenvalue weighted by Gasteiger charge is -2.07. The summed E-state index contributed by atoms with van der Waals surface area (Å²) in [5, 5.41) is 13.1. The predicted octanol–water partition coefficient (Wildman–Crippen LogP) is 3.41. The van der Waals surface area contributed by atoms with Crippen molar-refractivity contribution in [3.05, 3.63) is 47.6 Å². The number of nitriles is 1. The summed E-state index contributed by atoms with van der Waals surface area (Å²) >= 11 is 5.84. The molecule has 2 aromatic rings. The van der Waals surface area contributed by atoms with Crippen LogP contribution in [0.3, 0.4) is 0 Å². The number of unbranched alkanes of at least 4 members (excludes halogenated alkanes) is 3. The van der Waals surface area contributed by atoms with E-state index in [-0.39, 0.29) is 5.96 Å². The summed E-state index contributed by atoms with van der Waals surface area (Å²) in [5.74, 6) is 1.59. The number of nitrogens with zero attached hydrogens (tertiary/aromatic N) is 3. The molecule has 0 spiro atoms. The summed E-state index contributed by atoms with van der Waals surface area (Å²) in [5.41, 5.74) is 6.57. The number of guanidine groups is 1. The van der Waals surface area contributed by atoms with Crippen molar-refractivity contribution in [2.75, 3.05) is 20.3 Å². The number of benzene rings is 1. The molecule has 0 aliphatic heterocycles. The molecule has 148 valence electrons. The Labute approximate surface area is 170 Å². The summed E-state index contributed by atoms with van der Waals surface area (Å²) in [6.45, 7) is 1.36. The van der Waals surface area contributed by atoms with Gasteiger partial charge in [0.05, 0.1) is 26.5 Å². The Kier molecular flexibility index (Phi) is 8.89. The van der Waals surface area contributed by atoms with Crippen LogP contribution in [0.4, 0.5) is 5.69 Å². The number of pyridine rings is 1. The van der Waals surface area contributed by atoms with E-state index in [0.29, 0.717) is 29.7 Å². The first-order valence-corrected chi connectivity index (χ1v) is 9.46. The Bertz CT molecular complexity index is 801. The fraction of sp³-hybridized carbons (Fsp3) is 0.350. The van der Waals surface area contributed by atoms with Crippen molar-refractivity contribution in [2.24, 2.45) is 5.73 Å². The van der Waals surface area contributed by atoms with Gasteiger partial charge in [0.2, 0.25) is 5.88 Å². The van der Waals surface area contributed by atoms with Gasteiger partial charge in [0, 0.05) is 11.1 Å². The van der Waals surface area contributed by atoms with Crippen molar-refractivity contribution < 1.29 is 14.0 Å². The molecule has 1 aromatic heterocycles. The number of rotatable bonds is 10. The molecule has 8 heteroatoms. The molecule has 0 bridgehead atoms. The average molecular weight is 403 g/mol. The van der Waals surface area contributed by atoms with Gasteiger partial charge in [-0.15, -0.1) is 4.58 Å². The van der Waals surface area contributed by atoms with Gasteiger partial charge in [-0.25, -0.2) is 4.98 Å². The van der Waals surface area contributed by atoms with Crippen LogP contribution in [0.5, 0.6) is 11.6 Å². The smallest absolute Gasteiger partial charge is 0.331 e. The van der Waals surface area contributed by atoms with Crippen molar-refractivity contribution in [1.82, 2.24) is 10.3 Å². The van der Waals surface area contributed by atoms with Gasteiger partial charge < -0.3 is 15.2 Å². The Hall–Kier alpha value is -2.98. The zero-order chi connectivity index (χ0) is 20.2. The maximum Gasteiger partial charge on any atom is 0.331 e. The number of ether oxygens (including phenoxy) is 2. The molecule has 0 amide bonds. The number of nitrogens with one attached hydrogen (secondary N) is 1. The molecule has 0 aliphatic rings. The third-order valence-electron chi connectivity index (χ3n) is 3.99. The van der Waals surface area contributed by atoms with Crippen molar-refractivity contribution in [1.29, 1.82) is 5.26 Å². The molecule has 0 radical (unpaired) electrons. The highest BCUT2D eigenvalue weighted by molar-refractivity contribution is 6.30. The first kappa shape index (κ1) is 21.3. The van der Waals surface area contributed by atoms with E-state index in [9.17, 15) is 5.26 Å². The average Bonchev–Trinajstić information content (AvgIpc) is 2.72. The molecule has 0 atom stereocenters. The van der Waals surface area contributed by atoms with Crippen molar-refractivity contribution >= 4 is 23.2 Å². The Morgan fingerprint density at radius 1 is 1.18 bits per heavy atom. The van der Waals surface area contributed by atoms with Crippen molar-refractivity contribution in [3.63, 3.8) is 0 Å². The van der Waals surface area contributed by atoms with E-state index in [2.05, 4.69) is 10.3 Å². The van der Waals surface area contributed by atoms with Crippen LogP contribution in [-0.2, 0) is 0 Å². The monoisotopic (exact) mass is 402 g/mol. The van der Waals surface area contributed by atoms with Crippen LogP contribution in [0.15, 0.2) is 42.6 Å². The number of aromatic nitrogens is 1. The van der Waals surface area contributed by atoms with Crippen LogP contribution in [0, 0.1) is 11.5 Å². The molecule has 0 unspecified atom stereocenters. The summed E-state index contributed by atoms with van der Waals surface area (Å²) < 4.78 is 12.0. The minimum Gasteiger partial charge on any atom is -0.494 e. The second-order valence-corrected chi connectivity index (χ2v) is 6.46. The second kappa shape index (κ2) is 11.7. The van der Waals surface area contributed by atoms with Crippen LogP contribution in [0.2, 0.25) is 5.02 Å². The van der Waals surface area contributed by atoms with Crippen molar-refractivity contribution in [3.8, 4) is 17.8 Å². The number of halogens is 1. The van der Waals surface area contributed by atoms with Gasteiger partial charge in [-0.3, -0.25) is 5.32 Å². The maximum absolute atomic E-state index is 9.34. The number of nitrogens with two attached hydrogens (primary N) is 1. The lowest BCUT2D eigenvalue weighted by Crippen LogP contribution is -2.38. The lowest BCUT2D eigenvalue weighted by molar-refractivity contribution is -0.344. The Morgan fingerprint density at radius 3 is 2.57 bits per heavy atom. The summed E-state index contributed by atoms with van der Waals surface area (Å²) in [6.07, 6.45) is 7.61. The van der Waals surface area contributed by atoms with Crippen LogP contribution in [0.25, 0.3) is 0 Å². The molecule has 0 fully saturated rings. The summed E-state index contributed by atoms with van der Waals surface area (Å²) in [7, 11) is 1.54. The maximum atomic E-state index is 9.34. The standard InChI is InChI=1S/C20H24ClN5O2/c1-27-19-11-8-17(14-25-19)26(15-22)20(23)24-12-4-2-3-5-13-28-18-9-6-16(21)7-10-18/h6-11,14H,2-5,12-13H2,1H3,(H2,23,24)/p+1.